The van der Waals surface area contributed by atoms with Crippen LogP contribution in [0, 0.1) is 6.92 Å². The monoisotopic (exact) mass is 377 g/mol. The van der Waals surface area contributed by atoms with Crippen LogP contribution in [0.4, 0.5) is 0 Å². The number of furan rings is 1. The zero-order valence-corrected chi connectivity index (χ0v) is 16.7. The van der Waals surface area contributed by atoms with Gasteiger partial charge in [-0.15, -0.1) is 0 Å². The summed E-state index contributed by atoms with van der Waals surface area (Å²) < 4.78 is 11.4. The van der Waals surface area contributed by atoms with Crippen molar-refractivity contribution in [1.82, 2.24) is 5.32 Å². The fourth-order valence-electron chi connectivity index (χ4n) is 3.00. The summed E-state index contributed by atoms with van der Waals surface area (Å²) in [6, 6.07) is 19.6. The minimum Gasteiger partial charge on any atom is -0.486 e. The second kappa shape index (κ2) is 9.27. The number of hydrogen-bond donors (Lipinski definition) is 1. The molecular formula is C24H27NO3. The molecular weight excluding hydrogens is 350 g/mol. The maximum Gasteiger partial charge on any atom is 0.287 e. The molecule has 28 heavy (non-hydrogen) atoms. The first-order valence-electron chi connectivity index (χ1n) is 9.77. The van der Waals surface area contributed by atoms with Gasteiger partial charge in [0.2, 0.25) is 0 Å². The fourth-order valence-corrected chi connectivity index (χ4v) is 3.00. The molecule has 1 heterocycles. The molecule has 1 unspecified atom stereocenters. The Labute approximate surface area is 166 Å². The summed E-state index contributed by atoms with van der Waals surface area (Å²) >= 11 is 0. The largest absolute Gasteiger partial charge is 0.486 e. The maximum absolute atomic E-state index is 12.6. The number of aryl methyl sites for hydroxylation is 2. The molecule has 4 heteroatoms. The van der Waals surface area contributed by atoms with E-state index >= 15 is 0 Å². The average Bonchev–Trinajstić information content (AvgIpc) is 3.21. The van der Waals surface area contributed by atoms with Crippen molar-refractivity contribution in [3.63, 3.8) is 0 Å². The van der Waals surface area contributed by atoms with Crippen LogP contribution in [0.15, 0.2) is 65.1 Å². The molecule has 3 rings (SSSR count). The highest BCUT2D eigenvalue weighted by atomic mass is 16.5. The molecule has 1 atom stereocenters. The van der Waals surface area contributed by atoms with Gasteiger partial charge < -0.3 is 14.5 Å². The molecule has 0 saturated carbocycles. The predicted molar refractivity (Wildman–Crippen MR) is 111 cm³/mol. The molecule has 1 aromatic heterocycles. The summed E-state index contributed by atoms with van der Waals surface area (Å²) in [7, 11) is 0. The Morgan fingerprint density at radius 2 is 1.71 bits per heavy atom. The minimum atomic E-state index is -0.217. The lowest BCUT2D eigenvalue weighted by molar-refractivity contribution is 0.0903. The molecule has 0 saturated heterocycles. The van der Waals surface area contributed by atoms with Gasteiger partial charge in [0.25, 0.3) is 5.91 Å². The molecule has 146 valence electrons. The van der Waals surface area contributed by atoms with Gasteiger partial charge in [-0.05, 0) is 55.2 Å². The number of benzene rings is 2. The van der Waals surface area contributed by atoms with Gasteiger partial charge in [0.1, 0.15) is 18.1 Å². The van der Waals surface area contributed by atoms with E-state index in [0.717, 1.165) is 24.2 Å². The Morgan fingerprint density at radius 3 is 2.36 bits per heavy atom. The van der Waals surface area contributed by atoms with Crippen LogP contribution in [0.3, 0.4) is 0 Å². The smallest absolute Gasteiger partial charge is 0.287 e. The molecule has 1 N–H and O–H groups in total. The number of ether oxygens (including phenoxy) is 1. The van der Waals surface area contributed by atoms with Crippen LogP contribution in [0.5, 0.6) is 5.75 Å². The van der Waals surface area contributed by atoms with Gasteiger partial charge in [0, 0.05) is 0 Å². The lowest BCUT2D eigenvalue weighted by Gasteiger charge is -2.17. The van der Waals surface area contributed by atoms with E-state index in [1.807, 2.05) is 31.2 Å². The van der Waals surface area contributed by atoms with E-state index in [2.05, 4.69) is 43.4 Å². The molecule has 2 aromatic carbocycles. The first-order chi connectivity index (χ1) is 13.6. The van der Waals surface area contributed by atoms with E-state index in [1.165, 1.54) is 11.1 Å². The van der Waals surface area contributed by atoms with Crippen LogP contribution in [0.1, 0.15) is 59.3 Å². The van der Waals surface area contributed by atoms with Crippen LogP contribution in [0.25, 0.3) is 0 Å². The number of nitrogens with one attached hydrogen (secondary N) is 1. The normalized spacial score (nSPS) is 11.8. The third-order valence-corrected chi connectivity index (χ3v) is 4.79. The SMILES string of the molecule is CCc1ccc(OCc2ccc(C(=O)NC(CC)c3ccc(C)cc3)o2)cc1. The lowest BCUT2D eigenvalue weighted by atomic mass is 10.0. The molecule has 0 fully saturated rings. The van der Waals surface area contributed by atoms with Crippen LogP contribution >= 0.6 is 0 Å². The second-order valence-corrected chi connectivity index (χ2v) is 6.90. The topological polar surface area (TPSA) is 51.5 Å². The van der Waals surface area contributed by atoms with Gasteiger partial charge in [-0.1, -0.05) is 55.8 Å². The molecule has 1 amide bonds. The highest BCUT2D eigenvalue weighted by molar-refractivity contribution is 5.91. The van der Waals surface area contributed by atoms with Crippen LogP contribution < -0.4 is 10.1 Å². The van der Waals surface area contributed by atoms with Crippen molar-refractivity contribution in [2.75, 3.05) is 0 Å². The highest BCUT2D eigenvalue weighted by Gasteiger charge is 2.17. The zero-order chi connectivity index (χ0) is 19.9. The van der Waals surface area contributed by atoms with Gasteiger partial charge in [0.05, 0.1) is 6.04 Å². The zero-order valence-electron chi connectivity index (χ0n) is 16.7. The summed E-state index contributed by atoms with van der Waals surface area (Å²) in [5.74, 6) is 1.48. The number of amides is 1. The van der Waals surface area contributed by atoms with Crippen molar-refractivity contribution in [3.05, 3.63) is 88.9 Å². The van der Waals surface area contributed by atoms with Gasteiger partial charge in [0.15, 0.2) is 5.76 Å². The summed E-state index contributed by atoms with van der Waals surface area (Å²) in [5.41, 5.74) is 3.56. The summed E-state index contributed by atoms with van der Waals surface area (Å²) in [6.07, 6.45) is 1.80. The maximum atomic E-state index is 12.6. The van der Waals surface area contributed by atoms with Crippen LogP contribution in [-0.2, 0) is 13.0 Å². The van der Waals surface area contributed by atoms with Gasteiger partial charge in [-0.25, -0.2) is 0 Å². The van der Waals surface area contributed by atoms with E-state index in [1.54, 1.807) is 12.1 Å². The molecule has 0 radical (unpaired) electrons. The third kappa shape index (κ3) is 5.03. The van der Waals surface area contributed by atoms with Gasteiger partial charge in [-0.3, -0.25) is 4.79 Å². The average molecular weight is 377 g/mol. The Bertz CT molecular complexity index is 894. The number of carbonyl (C=O) groups is 1. The van der Waals surface area contributed by atoms with Crippen molar-refractivity contribution in [2.24, 2.45) is 0 Å². The van der Waals surface area contributed by atoms with Crippen molar-refractivity contribution >= 4 is 5.91 Å². The predicted octanol–water partition coefficient (Wildman–Crippen LogP) is 5.61. The summed E-state index contributed by atoms with van der Waals surface area (Å²) in [6.45, 7) is 6.51. The lowest BCUT2D eigenvalue weighted by Crippen LogP contribution is -2.27. The number of hydrogen-bond acceptors (Lipinski definition) is 3. The van der Waals surface area contributed by atoms with Gasteiger partial charge in [-0.2, -0.15) is 0 Å². The van der Waals surface area contributed by atoms with E-state index in [9.17, 15) is 4.79 Å². The molecule has 4 nitrogen and oxygen atoms in total. The first-order valence-corrected chi connectivity index (χ1v) is 9.77. The summed E-state index contributed by atoms with van der Waals surface area (Å²) in [4.78, 5) is 12.6. The highest BCUT2D eigenvalue weighted by Crippen LogP contribution is 2.19. The van der Waals surface area contributed by atoms with Crippen molar-refractivity contribution in [1.29, 1.82) is 0 Å². The fraction of sp³-hybridized carbons (Fsp3) is 0.292. The number of rotatable bonds is 8. The standard InChI is InChI=1S/C24H27NO3/c1-4-18-8-12-20(13-9-18)27-16-21-14-15-23(28-21)24(26)25-22(5-2)19-10-6-17(3)7-11-19/h6-15,22H,4-5,16H2,1-3H3,(H,25,26). The van der Waals surface area contributed by atoms with E-state index < -0.39 is 0 Å². The molecule has 0 aliphatic carbocycles. The Balaban J connectivity index is 1.58. The Morgan fingerprint density at radius 1 is 1.00 bits per heavy atom. The van der Waals surface area contributed by atoms with E-state index in [4.69, 9.17) is 9.15 Å². The van der Waals surface area contributed by atoms with Crippen molar-refractivity contribution < 1.29 is 13.9 Å². The van der Waals surface area contributed by atoms with Crippen molar-refractivity contribution in [3.8, 4) is 5.75 Å². The minimum absolute atomic E-state index is 0.0463. The molecule has 0 aliphatic rings. The van der Waals surface area contributed by atoms with E-state index in [-0.39, 0.29) is 18.6 Å². The first kappa shape index (κ1) is 19.7. The second-order valence-electron chi connectivity index (χ2n) is 6.90. The van der Waals surface area contributed by atoms with Crippen LogP contribution in [-0.4, -0.2) is 5.91 Å². The molecule has 0 bridgehead atoms. The summed E-state index contributed by atoms with van der Waals surface area (Å²) in [5, 5.41) is 3.05. The van der Waals surface area contributed by atoms with Crippen LogP contribution in [0.2, 0.25) is 0 Å². The molecule has 0 aliphatic heterocycles. The van der Waals surface area contributed by atoms with Crippen molar-refractivity contribution in [2.45, 2.75) is 46.3 Å². The molecule has 3 aromatic rings. The van der Waals surface area contributed by atoms with Gasteiger partial charge >= 0.3 is 0 Å². The number of carbonyl (C=O) groups excluding carboxylic acids is 1. The molecule has 0 spiro atoms. The third-order valence-electron chi connectivity index (χ3n) is 4.79. The van der Waals surface area contributed by atoms with E-state index in [0.29, 0.717) is 11.5 Å². The quantitative estimate of drug-likeness (QED) is 0.555. The Kier molecular flexibility index (Phi) is 6.53. The Hall–Kier alpha value is -3.01.